The number of carbonyl (C=O) groups is 2. The molecule has 0 aliphatic carbocycles. The van der Waals surface area contributed by atoms with Gasteiger partial charge in [0.1, 0.15) is 11.7 Å². The van der Waals surface area contributed by atoms with E-state index >= 15 is 0 Å². The summed E-state index contributed by atoms with van der Waals surface area (Å²) in [7, 11) is 1.70. The highest BCUT2D eigenvalue weighted by Crippen LogP contribution is 2.14. The number of aliphatic carboxylic acids is 1. The van der Waals surface area contributed by atoms with Crippen LogP contribution in [0.3, 0.4) is 0 Å². The van der Waals surface area contributed by atoms with Gasteiger partial charge in [0.05, 0.1) is 11.0 Å². The number of fused-ring (bicyclic) bond motifs is 1. The van der Waals surface area contributed by atoms with Crippen LogP contribution < -0.4 is 10.9 Å². The van der Waals surface area contributed by atoms with Crippen molar-refractivity contribution < 1.29 is 14.7 Å². The predicted octanol–water partition coefficient (Wildman–Crippen LogP) is 1.99. The van der Waals surface area contributed by atoms with Gasteiger partial charge < -0.3 is 15.0 Å². The third kappa shape index (κ3) is 4.87. The quantitative estimate of drug-likeness (QED) is 0.639. The van der Waals surface area contributed by atoms with E-state index in [9.17, 15) is 19.5 Å². The normalized spacial score (nSPS) is 11.9. The second-order valence-electron chi connectivity index (χ2n) is 7.03. The van der Waals surface area contributed by atoms with Crippen molar-refractivity contribution in [2.24, 2.45) is 7.05 Å². The fourth-order valence-electron chi connectivity index (χ4n) is 3.25. The molecule has 0 fully saturated rings. The maximum atomic E-state index is 12.3. The molecule has 0 radical (unpaired) electrons. The molecule has 7 heteroatoms. The van der Waals surface area contributed by atoms with Gasteiger partial charge in [-0.25, -0.2) is 9.78 Å². The van der Waals surface area contributed by atoms with Crippen LogP contribution in [0.4, 0.5) is 0 Å². The average molecular weight is 393 g/mol. The van der Waals surface area contributed by atoms with Gasteiger partial charge in [0.25, 0.3) is 5.56 Å². The molecule has 3 aromatic rings. The summed E-state index contributed by atoms with van der Waals surface area (Å²) in [6, 6.07) is 13.7. The molecule has 3 rings (SSSR count). The molecule has 1 aromatic heterocycles. The van der Waals surface area contributed by atoms with Crippen LogP contribution in [0.2, 0.25) is 0 Å². The molecule has 150 valence electrons. The smallest absolute Gasteiger partial charge is 0.326 e. The number of aromatic nitrogens is 2. The Kier molecular flexibility index (Phi) is 6.07. The first-order valence-electron chi connectivity index (χ1n) is 9.37. The summed E-state index contributed by atoms with van der Waals surface area (Å²) in [4.78, 5) is 40.1. The molecule has 0 bridgehead atoms. The summed E-state index contributed by atoms with van der Waals surface area (Å²) in [5, 5.41) is 12.0. The molecule has 0 aliphatic heterocycles. The first kappa shape index (κ1) is 20.3. The standard InChI is InChI=1S/C22H23N3O4/c1-14-21(27)25(2)19-10-8-16(12-17(19)23-14)9-11-20(26)24-18(22(28)29)13-15-6-4-3-5-7-15/h3-8,10,12,18H,9,11,13H2,1-2H3,(H,24,26)(H,28,29)/t18-/m0/s1. The molecule has 29 heavy (non-hydrogen) atoms. The van der Waals surface area contributed by atoms with Crippen LogP contribution in [0, 0.1) is 6.92 Å². The Labute approximate surface area is 168 Å². The number of amides is 1. The van der Waals surface area contributed by atoms with Crippen LogP contribution >= 0.6 is 0 Å². The highest BCUT2D eigenvalue weighted by Gasteiger charge is 2.20. The minimum absolute atomic E-state index is 0.136. The molecule has 0 unspecified atom stereocenters. The second-order valence-corrected chi connectivity index (χ2v) is 7.03. The molecule has 1 heterocycles. The third-order valence-corrected chi connectivity index (χ3v) is 4.86. The van der Waals surface area contributed by atoms with Crippen LogP contribution in [0.15, 0.2) is 53.3 Å². The second kappa shape index (κ2) is 8.68. The maximum Gasteiger partial charge on any atom is 0.326 e. The first-order chi connectivity index (χ1) is 13.8. The number of benzene rings is 2. The van der Waals surface area contributed by atoms with Gasteiger partial charge in [-0.15, -0.1) is 0 Å². The lowest BCUT2D eigenvalue weighted by Gasteiger charge is -2.15. The monoisotopic (exact) mass is 393 g/mol. The largest absolute Gasteiger partial charge is 0.480 e. The van der Waals surface area contributed by atoms with Crippen LogP contribution in [0.5, 0.6) is 0 Å². The number of hydrogen-bond acceptors (Lipinski definition) is 4. The molecule has 0 aliphatic rings. The number of carbonyl (C=O) groups excluding carboxylic acids is 1. The van der Waals surface area contributed by atoms with E-state index in [-0.39, 0.29) is 24.3 Å². The van der Waals surface area contributed by atoms with E-state index in [1.165, 1.54) is 0 Å². The van der Waals surface area contributed by atoms with Crippen LogP contribution in [0.1, 0.15) is 23.2 Å². The lowest BCUT2D eigenvalue weighted by molar-refractivity contribution is -0.141. The molecule has 1 atom stereocenters. The van der Waals surface area contributed by atoms with Gasteiger partial charge in [0.15, 0.2) is 0 Å². The molecule has 0 saturated carbocycles. The summed E-state index contributed by atoms with van der Waals surface area (Å²) in [6.45, 7) is 1.67. The van der Waals surface area contributed by atoms with Gasteiger partial charge in [-0.3, -0.25) is 9.59 Å². The zero-order chi connectivity index (χ0) is 21.0. The molecular formula is C22H23N3O4. The van der Waals surface area contributed by atoms with E-state index in [0.29, 0.717) is 17.6 Å². The van der Waals surface area contributed by atoms with E-state index in [2.05, 4.69) is 10.3 Å². The molecule has 7 nitrogen and oxygen atoms in total. The van der Waals surface area contributed by atoms with Crippen molar-refractivity contribution in [3.05, 3.63) is 75.7 Å². The topological polar surface area (TPSA) is 101 Å². The zero-order valence-corrected chi connectivity index (χ0v) is 16.4. The van der Waals surface area contributed by atoms with E-state index in [1.807, 2.05) is 48.5 Å². The minimum Gasteiger partial charge on any atom is -0.480 e. The molecule has 1 amide bonds. The Morgan fingerprint density at radius 2 is 1.86 bits per heavy atom. The van der Waals surface area contributed by atoms with Crippen molar-refractivity contribution in [3.8, 4) is 0 Å². The molecule has 0 spiro atoms. The van der Waals surface area contributed by atoms with E-state index in [4.69, 9.17) is 0 Å². The average Bonchev–Trinajstić information content (AvgIpc) is 2.70. The highest BCUT2D eigenvalue weighted by molar-refractivity contribution is 5.84. The number of carboxylic acid groups (broad SMARTS) is 1. The number of nitrogens with zero attached hydrogens (tertiary/aromatic N) is 2. The van der Waals surface area contributed by atoms with Crippen LogP contribution in [-0.2, 0) is 29.5 Å². The number of rotatable bonds is 7. The van der Waals surface area contributed by atoms with Crippen LogP contribution in [0.25, 0.3) is 11.0 Å². The van der Waals surface area contributed by atoms with Gasteiger partial charge >= 0.3 is 5.97 Å². The Morgan fingerprint density at radius 3 is 2.55 bits per heavy atom. The Balaban J connectivity index is 1.65. The van der Waals surface area contributed by atoms with Gasteiger partial charge in [0.2, 0.25) is 5.91 Å². The van der Waals surface area contributed by atoms with Gasteiger partial charge in [-0.05, 0) is 36.6 Å². The lowest BCUT2D eigenvalue weighted by atomic mass is 10.0. The van der Waals surface area contributed by atoms with Crippen molar-refractivity contribution in [1.29, 1.82) is 0 Å². The first-order valence-corrected chi connectivity index (χ1v) is 9.37. The van der Waals surface area contributed by atoms with Gasteiger partial charge in [-0.1, -0.05) is 36.4 Å². The van der Waals surface area contributed by atoms with Crippen molar-refractivity contribution in [3.63, 3.8) is 0 Å². The predicted molar refractivity (Wildman–Crippen MR) is 110 cm³/mol. The Morgan fingerprint density at radius 1 is 1.14 bits per heavy atom. The van der Waals surface area contributed by atoms with Crippen molar-refractivity contribution in [2.75, 3.05) is 0 Å². The Bertz CT molecular complexity index is 1110. The number of hydrogen-bond donors (Lipinski definition) is 2. The van der Waals surface area contributed by atoms with Crippen LogP contribution in [-0.4, -0.2) is 32.6 Å². The molecule has 2 aromatic carbocycles. The third-order valence-electron chi connectivity index (χ3n) is 4.86. The van der Waals surface area contributed by atoms with E-state index in [0.717, 1.165) is 16.6 Å². The summed E-state index contributed by atoms with van der Waals surface area (Å²) < 4.78 is 1.55. The molecule has 0 saturated heterocycles. The summed E-state index contributed by atoms with van der Waals surface area (Å²) in [5.74, 6) is -1.38. The fourth-order valence-corrected chi connectivity index (χ4v) is 3.25. The van der Waals surface area contributed by atoms with Gasteiger partial charge in [-0.2, -0.15) is 0 Å². The van der Waals surface area contributed by atoms with E-state index < -0.39 is 12.0 Å². The molecule has 2 N–H and O–H groups in total. The lowest BCUT2D eigenvalue weighted by Crippen LogP contribution is -2.42. The number of carboxylic acids is 1. The summed E-state index contributed by atoms with van der Waals surface area (Å²) in [5.41, 5.74) is 3.44. The Hall–Kier alpha value is -3.48. The van der Waals surface area contributed by atoms with Crippen molar-refractivity contribution in [2.45, 2.75) is 32.2 Å². The fraction of sp³-hybridized carbons (Fsp3) is 0.273. The van der Waals surface area contributed by atoms with E-state index in [1.54, 1.807) is 18.5 Å². The minimum atomic E-state index is -1.06. The van der Waals surface area contributed by atoms with Crippen molar-refractivity contribution >= 4 is 22.9 Å². The maximum absolute atomic E-state index is 12.3. The number of aryl methyl sites for hydroxylation is 3. The van der Waals surface area contributed by atoms with Crippen molar-refractivity contribution in [1.82, 2.24) is 14.9 Å². The summed E-state index contributed by atoms with van der Waals surface area (Å²) >= 11 is 0. The zero-order valence-electron chi connectivity index (χ0n) is 16.4. The van der Waals surface area contributed by atoms with Gasteiger partial charge in [0, 0.05) is 19.9 Å². The SMILES string of the molecule is Cc1nc2cc(CCC(=O)N[C@@H](Cc3ccccc3)C(=O)O)ccc2n(C)c1=O. The number of nitrogens with one attached hydrogen (secondary N) is 1. The molecular weight excluding hydrogens is 370 g/mol. The highest BCUT2D eigenvalue weighted by atomic mass is 16.4. The summed E-state index contributed by atoms with van der Waals surface area (Å²) in [6.07, 6.45) is 0.840.